The number of ketones is 1. The topological polar surface area (TPSA) is 65.7 Å². The molecule has 0 spiro atoms. The largest absolute Gasteiger partial charge is 0.323 e. The summed E-state index contributed by atoms with van der Waals surface area (Å²) in [4.78, 5) is 26.8. The summed E-state index contributed by atoms with van der Waals surface area (Å²) < 4.78 is 0. The van der Waals surface area contributed by atoms with Gasteiger partial charge in [-0.2, -0.15) is 0 Å². The third-order valence-corrected chi connectivity index (χ3v) is 1.48. The summed E-state index contributed by atoms with van der Waals surface area (Å²) in [6.45, 7) is 3.42. The van der Waals surface area contributed by atoms with Gasteiger partial charge >= 0.3 is 5.69 Å². The molecule has 0 bridgehead atoms. The number of aromatic amines is 2. The molecule has 1 rings (SSSR count). The first-order valence-electron chi connectivity index (χ1n) is 3.61. The van der Waals surface area contributed by atoms with Crippen LogP contribution in [0.15, 0.2) is 16.9 Å². The van der Waals surface area contributed by atoms with Gasteiger partial charge in [0.05, 0.1) is 0 Å². The molecule has 12 heavy (non-hydrogen) atoms. The molecule has 1 heterocycles. The normalized spacial score (nSPS) is 10.8. The molecule has 4 nitrogen and oxygen atoms in total. The van der Waals surface area contributed by atoms with Crippen LogP contribution in [-0.4, -0.2) is 15.8 Å². The van der Waals surface area contributed by atoms with E-state index in [-0.39, 0.29) is 11.5 Å². The van der Waals surface area contributed by atoms with Crippen molar-refractivity contribution in [3.05, 3.63) is 34.0 Å². The summed E-state index contributed by atoms with van der Waals surface area (Å²) in [7, 11) is 0. The fourth-order valence-corrected chi connectivity index (χ4v) is 0.952. The predicted molar refractivity (Wildman–Crippen MR) is 45.3 cm³/mol. The second-order valence-corrected chi connectivity index (χ2v) is 2.44. The summed E-state index contributed by atoms with van der Waals surface area (Å²) in [6, 6.07) is 0. The third-order valence-electron chi connectivity index (χ3n) is 1.48. The number of rotatable bonds is 2. The summed E-state index contributed by atoms with van der Waals surface area (Å²) in [5.74, 6) is -0.187. The van der Waals surface area contributed by atoms with Gasteiger partial charge < -0.3 is 9.97 Å². The molecule has 0 amide bonds. The Morgan fingerprint density at radius 1 is 1.42 bits per heavy atom. The summed E-state index contributed by atoms with van der Waals surface area (Å²) in [5.41, 5.74) is 0.557. The maximum Gasteiger partial charge on any atom is 0.323 e. The molecule has 0 unspecified atom stereocenters. The molecular weight excluding hydrogens is 156 g/mol. The quantitative estimate of drug-likeness (QED) is 0.503. The molecule has 0 aromatic carbocycles. The number of carbonyl (C=O) groups is 1. The molecule has 1 aromatic rings. The molecule has 0 aliphatic carbocycles. The van der Waals surface area contributed by atoms with Gasteiger partial charge in [-0.25, -0.2) is 4.79 Å². The van der Waals surface area contributed by atoms with Crippen LogP contribution in [0, 0.1) is 6.92 Å². The predicted octanol–water partition coefficient (Wildman–Crippen LogP) is 0.770. The highest BCUT2D eigenvalue weighted by atomic mass is 16.1. The van der Waals surface area contributed by atoms with Crippen LogP contribution in [0.1, 0.15) is 23.1 Å². The first kappa shape index (κ1) is 8.52. The van der Waals surface area contributed by atoms with Gasteiger partial charge in [0, 0.05) is 5.69 Å². The average molecular weight is 166 g/mol. The number of nitrogens with one attached hydrogen (secondary N) is 2. The number of hydrogen-bond acceptors (Lipinski definition) is 2. The molecule has 0 fully saturated rings. The fourth-order valence-electron chi connectivity index (χ4n) is 0.952. The van der Waals surface area contributed by atoms with Crippen LogP contribution in [0.25, 0.3) is 0 Å². The van der Waals surface area contributed by atoms with Crippen molar-refractivity contribution in [1.82, 2.24) is 9.97 Å². The molecule has 2 N–H and O–H groups in total. The lowest BCUT2D eigenvalue weighted by Crippen LogP contribution is -2.03. The Bertz CT molecular complexity index is 371. The number of carbonyl (C=O) groups excluding carboxylic acids is 1. The van der Waals surface area contributed by atoms with E-state index in [1.54, 1.807) is 19.9 Å². The summed E-state index contributed by atoms with van der Waals surface area (Å²) in [5, 5.41) is 0. The van der Waals surface area contributed by atoms with Gasteiger partial charge in [-0.05, 0) is 19.9 Å². The maximum absolute atomic E-state index is 11.2. The van der Waals surface area contributed by atoms with E-state index in [9.17, 15) is 9.59 Å². The Morgan fingerprint density at radius 2 is 2.08 bits per heavy atom. The highest BCUT2D eigenvalue weighted by Crippen LogP contribution is 1.99. The van der Waals surface area contributed by atoms with Crippen LogP contribution in [0.4, 0.5) is 0 Å². The Hall–Kier alpha value is -1.58. The van der Waals surface area contributed by atoms with Gasteiger partial charge in [0.15, 0.2) is 0 Å². The number of aryl methyl sites for hydroxylation is 1. The Kier molecular flexibility index (Phi) is 2.28. The monoisotopic (exact) mass is 166 g/mol. The maximum atomic E-state index is 11.2. The van der Waals surface area contributed by atoms with E-state index in [1.165, 1.54) is 6.08 Å². The molecule has 1 aromatic heterocycles. The Balaban J connectivity index is 3.10. The van der Waals surface area contributed by atoms with Crippen molar-refractivity contribution in [3.63, 3.8) is 0 Å². The zero-order valence-corrected chi connectivity index (χ0v) is 6.97. The van der Waals surface area contributed by atoms with Crippen molar-refractivity contribution in [2.24, 2.45) is 0 Å². The van der Waals surface area contributed by atoms with Crippen LogP contribution in [0.2, 0.25) is 0 Å². The third kappa shape index (κ3) is 1.53. The zero-order valence-electron chi connectivity index (χ0n) is 6.97. The smallest absolute Gasteiger partial charge is 0.310 e. The molecule has 64 valence electrons. The van der Waals surface area contributed by atoms with E-state index in [4.69, 9.17) is 0 Å². The number of H-pyrrole nitrogens is 2. The second kappa shape index (κ2) is 3.21. The molecule has 0 aliphatic rings. The van der Waals surface area contributed by atoms with Crippen LogP contribution in [-0.2, 0) is 0 Å². The van der Waals surface area contributed by atoms with E-state index in [2.05, 4.69) is 9.97 Å². The second-order valence-electron chi connectivity index (χ2n) is 2.44. The van der Waals surface area contributed by atoms with Gasteiger partial charge in [-0.3, -0.25) is 4.79 Å². The highest BCUT2D eigenvalue weighted by Gasteiger charge is 2.07. The molecule has 0 atom stereocenters. The first-order valence-corrected chi connectivity index (χ1v) is 3.61. The lowest BCUT2D eigenvalue weighted by molar-refractivity contribution is 0.104. The molecule has 0 saturated carbocycles. The van der Waals surface area contributed by atoms with Gasteiger partial charge in [-0.1, -0.05) is 6.08 Å². The van der Waals surface area contributed by atoms with Gasteiger partial charge in [0.25, 0.3) is 0 Å². The highest BCUT2D eigenvalue weighted by molar-refractivity contribution is 6.03. The first-order chi connectivity index (χ1) is 5.65. The van der Waals surface area contributed by atoms with Crippen LogP contribution < -0.4 is 5.69 Å². The number of hydrogen-bond donors (Lipinski definition) is 2. The van der Waals surface area contributed by atoms with E-state index >= 15 is 0 Å². The van der Waals surface area contributed by atoms with E-state index in [0.717, 1.165) is 0 Å². The van der Waals surface area contributed by atoms with Crippen molar-refractivity contribution in [3.8, 4) is 0 Å². The molecular formula is C8H10N2O2. The van der Waals surface area contributed by atoms with Crippen molar-refractivity contribution in [2.75, 3.05) is 0 Å². The number of imidazole rings is 1. The van der Waals surface area contributed by atoms with Gasteiger partial charge in [0.2, 0.25) is 5.78 Å². The number of allylic oxidation sites excluding steroid dienone is 2. The Labute approximate surface area is 69.3 Å². The Morgan fingerprint density at radius 3 is 2.50 bits per heavy atom. The van der Waals surface area contributed by atoms with Crippen LogP contribution >= 0.6 is 0 Å². The minimum absolute atomic E-state index is 0.187. The van der Waals surface area contributed by atoms with Crippen molar-refractivity contribution in [1.29, 1.82) is 0 Å². The standard InChI is InChI=1S/C8H10N2O2/c1-3-4-6(11)7-5(2)9-8(12)10-7/h3-4H,1-2H3,(H2,9,10,12)/b4-3+. The minimum Gasteiger partial charge on any atom is -0.310 e. The lowest BCUT2D eigenvalue weighted by Gasteiger charge is -1.89. The molecule has 0 aliphatic heterocycles. The minimum atomic E-state index is -0.347. The molecule has 0 saturated heterocycles. The van der Waals surface area contributed by atoms with E-state index in [0.29, 0.717) is 11.4 Å². The fraction of sp³-hybridized carbons (Fsp3) is 0.250. The number of aromatic nitrogens is 2. The molecule has 0 radical (unpaired) electrons. The SMILES string of the molecule is C/C=C/C(=O)c1[nH]c(=O)[nH]c1C. The van der Waals surface area contributed by atoms with E-state index < -0.39 is 0 Å². The summed E-state index contributed by atoms with van der Waals surface area (Å²) in [6.07, 6.45) is 3.04. The lowest BCUT2D eigenvalue weighted by atomic mass is 10.2. The van der Waals surface area contributed by atoms with Crippen LogP contribution in [0.3, 0.4) is 0 Å². The van der Waals surface area contributed by atoms with Gasteiger partial charge in [0.1, 0.15) is 5.69 Å². The van der Waals surface area contributed by atoms with Crippen LogP contribution in [0.5, 0.6) is 0 Å². The average Bonchev–Trinajstić information content (AvgIpc) is 2.30. The van der Waals surface area contributed by atoms with Gasteiger partial charge in [-0.15, -0.1) is 0 Å². The van der Waals surface area contributed by atoms with Crippen molar-refractivity contribution < 1.29 is 4.79 Å². The van der Waals surface area contributed by atoms with E-state index in [1.807, 2.05) is 0 Å². The zero-order chi connectivity index (χ0) is 9.14. The molecule has 4 heteroatoms. The van der Waals surface area contributed by atoms with Crippen molar-refractivity contribution >= 4 is 5.78 Å². The summed E-state index contributed by atoms with van der Waals surface area (Å²) >= 11 is 0. The van der Waals surface area contributed by atoms with Crippen molar-refractivity contribution in [2.45, 2.75) is 13.8 Å².